The molecular formula is C49H45FN4O4. The molecule has 0 unspecified atom stereocenters. The molecule has 2 saturated carbocycles. The van der Waals surface area contributed by atoms with Gasteiger partial charge in [-0.15, -0.1) is 0 Å². The summed E-state index contributed by atoms with van der Waals surface area (Å²) in [6.45, 7) is -0.592. The molecule has 2 fully saturated rings. The highest BCUT2D eigenvalue weighted by Crippen LogP contribution is 2.44. The minimum absolute atomic E-state index is 0.0127. The van der Waals surface area contributed by atoms with Crippen LogP contribution in [-0.2, 0) is 24.7 Å². The van der Waals surface area contributed by atoms with Crippen molar-refractivity contribution in [3.63, 3.8) is 0 Å². The van der Waals surface area contributed by atoms with Crippen molar-refractivity contribution in [3.05, 3.63) is 166 Å². The second kappa shape index (κ2) is 14.9. The number of benzene rings is 4. The van der Waals surface area contributed by atoms with E-state index in [2.05, 4.69) is 36.4 Å². The molecule has 8 nitrogen and oxygen atoms in total. The second-order valence-electron chi connectivity index (χ2n) is 15.7. The SMILES string of the molecule is Cn1ccc2c(-c3ccccc3)c(-c3ccc(C4(N)CCC4)cc3)oc2c1=O.NC1(c2ccc(-c3oc4c(=O)n(CCF)ccc4c3-c3ccccc3)cc2)CCC1. The van der Waals surface area contributed by atoms with Crippen LogP contribution in [0.5, 0.6) is 0 Å². The van der Waals surface area contributed by atoms with Crippen molar-refractivity contribution in [2.24, 2.45) is 18.5 Å². The van der Waals surface area contributed by atoms with Gasteiger partial charge < -0.3 is 29.4 Å². The highest BCUT2D eigenvalue weighted by molar-refractivity contribution is 6.02. The van der Waals surface area contributed by atoms with Crippen LogP contribution in [0.25, 0.3) is 66.8 Å². The third-order valence-electron chi connectivity index (χ3n) is 12.1. The number of nitrogens with zero attached hydrogens (tertiary/aromatic N) is 2. The molecule has 0 bridgehead atoms. The van der Waals surface area contributed by atoms with Gasteiger partial charge in [-0.1, -0.05) is 109 Å². The lowest BCUT2D eigenvalue weighted by molar-refractivity contribution is 0.253. The zero-order valence-electron chi connectivity index (χ0n) is 32.4. The van der Waals surface area contributed by atoms with Gasteiger partial charge in [0.2, 0.25) is 11.2 Å². The van der Waals surface area contributed by atoms with E-state index in [0.717, 1.165) is 93.1 Å². The summed E-state index contributed by atoms with van der Waals surface area (Å²) in [7, 11) is 1.74. The standard InChI is InChI=1S/C25H23FN2O2.C24H22N2O2/c26-14-16-28-15-11-20-21(17-5-2-1-3-6-17)22(30-23(20)24(28)29)18-7-9-19(10-8-18)25(27)12-4-13-25;1-26-15-12-19-20(16-6-3-2-4-7-16)21(28-22(19)23(26)27)17-8-10-18(11-9-17)24(25)13-5-14-24/h1-3,5-11,15H,4,12-14,16,27H2;2-4,6-12,15H,5,13-14,25H2,1H3. The van der Waals surface area contributed by atoms with E-state index in [1.165, 1.54) is 11.0 Å². The smallest absolute Gasteiger partial charge is 0.294 e. The van der Waals surface area contributed by atoms with E-state index < -0.39 is 6.67 Å². The van der Waals surface area contributed by atoms with Gasteiger partial charge in [-0.3, -0.25) is 9.59 Å². The normalized spacial score (nSPS) is 15.4. The first kappa shape index (κ1) is 37.3. The summed E-state index contributed by atoms with van der Waals surface area (Å²) in [4.78, 5) is 25.5. The largest absolute Gasteiger partial charge is 0.450 e. The Bertz CT molecular complexity index is 2860. The number of halogens is 1. The summed E-state index contributed by atoms with van der Waals surface area (Å²) in [6, 6.07) is 40.1. The predicted molar refractivity (Wildman–Crippen MR) is 229 cm³/mol. The van der Waals surface area contributed by atoms with Crippen molar-refractivity contribution in [2.45, 2.75) is 56.1 Å². The monoisotopic (exact) mass is 772 g/mol. The summed E-state index contributed by atoms with van der Waals surface area (Å²) < 4.78 is 28.0. The molecule has 0 atom stereocenters. The Morgan fingerprint density at radius 3 is 1.41 bits per heavy atom. The van der Waals surface area contributed by atoms with E-state index >= 15 is 0 Å². The molecule has 4 aromatic carbocycles. The second-order valence-corrected chi connectivity index (χ2v) is 15.7. The Morgan fingerprint density at radius 2 is 1.00 bits per heavy atom. The number of alkyl halides is 1. The van der Waals surface area contributed by atoms with Crippen LogP contribution >= 0.6 is 0 Å². The molecule has 4 N–H and O–H groups in total. The molecule has 0 amide bonds. The van der Waals surface area contributed by atoms with Crippen LogP contribution in [0, 0.1) is 0 Å². The molecule has 0 radical (unpaired) electrons. The van der Waals surface area contributed by atoms with Gasteiger partial charge in [-0.25, -0.2) is 4.39 Å². The predicted octanol–water partition coefficient (Wildman–Crippen LogP) is 10.0. The number of hydrogen-bond acceptors (Lipinski definition) is 6. The molecule has 4 heterocycles. The zero-order valence-corrected chi connectivity index (χ0v) is 32.4. The lowest BCUT2D eigenvalue weighted by atomic mass is 9.72. The summed E-state index contributed by atoms with van der Waals surface area (Å²) in [5, 5.41) is 1.57. The molecule has 2 aliphatic carbocycles. The molecule has 9 heteroatoms. The fourth-order valence-corrected chi connectivity index (χ4v) is 8.36. The van der Waals surface area contributed by atoms with Gasteiger partial charge in [0.05, 0.1) is 6.54 Å². The lowest BCUT2D eigenvalue weighted by Gasteiger charge is -2.38. The number of pyridine rings is 2. The number of furan rings is 2. The molecular weight excluding hydrogens is 728 g/mol. The Labute approximate surface area is 335 Å². The highest BCUT2D eigenvalue weighted by Gasteiger charge is 2.35. The molecule has 0 aliphatic heterocycles. The van der Waals surface area contributed by atoms with E-state index in [-0.39, 0.29) is 34.3 Å². The Kier molecular flexibility index (Phi) is 9.58. The summed E-state index contributed by atoms with van der Waals surface area (Å²) in [5.41, 5.74) is 20.6. The van der Waals surface area contributed by atoms with Crippen molar-refractivity contribution in [3.8, 4) is 44.9 Å². The van der Waals surface area contributed by atoms with E-state index in [9.17, 15) is 14.0 Å². The molecule has 8 aromatic rings. The van der Waals surface area contributed by atoms with Crippen molar-refractivity contribution in [1.82, 2.24) is 9.13 Å². The van der Waals surface area contributed by atoms with Gasteiger partial charge in [0.15, 0.2) is 0 Å². The average molecular weight is 773 g/mol. The summed E-state index contributed by atoms with van der Waals surface area (Å²) in [6.07, 6.45) is 9.82. The number of aryl methyl sites for hydroxylation is 2. The maximum atomic E-state index is 12.9. The fourth-order valence-electron chi connectivity index (χ4n) is 8.36. The minimum atomic E-state index is -0.604. The van der Waals surface area contributed by atoms with E-state index in [1.807, 2.05) is 84.9 Å². The van der Waals surface area contributed by atoms with Gasteiger partial charge in [0.1, 0.15) is 18.2 Å². The number of hydrogen-bond donors (Lipinski definition) is 2. The van der Waals surface area contributed by atoms with Crippen molar-refractivity contribution < 1.29 is 13.2 Å². The first-order valence-corrected chi connectivity index (χ1v) is 19.9. The molecule has 4 aromatic heterocycles. The minimum Gasteiger partial charge on any atom is -0.450 e. The van der Waals surface area contributed by atoms with Crippen molar-refractivity contribution in [1.29, 1.82) is 0 Å². The zero-order chi connectivity index (χ0) is 40.0. The number of rotatable bonds is 8. The number of nitrogens with two attached hydrogens (primary N) is 2. The van der Waals surface area contributed by atoms with Gasteiger partial charge in [0.25, 0.3) is 11.1 Å². The topological polar surface area (TPSA) is 122 Å². The average Bonchev–Trinajstić information content (AvgIpc) is 3.83. The first-order valence-electron chi connectivity index (χ1n) is 19.9. The maximum Gasteiger partial charge on any atom is 0.294 e. The fraction of sp³-hybridized carbons (Fsp3) is 0.224. The van der Waals surface area contributed by atoms with Crippen molar-refractivity contribution in [2.75, 3.05) is 6.67 Å². The number of fused-ring (bicyclic) bond motifs is 2. The highest BCUT2D eigenvalue weighted by atomic mass is 19.1. The van der Waals surface area contributed by atoms with Gasteiger partial charge in [0, 0.05) is 63.5 Å². The van der Waals surface area contributed by atoms with Crippen LogP contribution in [0.15, 0.2) is 152 Å². The van der Waals surface area contributed by atoms with Crippen LogP contribution in [-0.4, -0.2) is 15.8 Å². The molecule has 10 rings (SSSR count). The molecule has 0 saturated heterocycles. The quantitative estimate of drug-likeness (QED) is 0.159. The molecule has 292 valence electrons. The van der Waals surface area contributed by atoms with Crippen LogP contribution in [0.1, 0.15) is 49.7 Å². The summed E-state index contributed by atoms with van der Waals surface area (Å²) in [5.74, 6) is 1.35. The van der Waals surface area contributed by atoms with Crippen LogP contribution < -0.4 is 22.6 Å². The molecule has 58 heavy (non-hydrogen) atoms. The van der Waals surface area contributed by atoms with E-state index in [1.54, 1.807) is 24.0 Å². The van der Waals surface area contributed by atoms with Crippen LogP contribution in [0.2, 0.25) is 0 Å². The maximum absolute atomic E-state index is 12.9. The summed E-state index contributed by atoms with van der Waals surface area (Å²) >= 11 is 0. The Hall–Kier alpha value is -6.29. The van der Waals surface area contributed by atoms with Gasteiger partial charge >= 0.3 is 0 Å². The Morgan fingerprint density at radius 1 is 0.569 bits per heavy atom. The van der Waals surface area contributed by atoms with E-state index in [0.29, 0.717) is 11.3 Å². The third kappa shape index (κ3) is 6.50. The lowest BCUT2D eigenvalue weighted by Crippen LogP contribution is -2.43. The third-order valence-corrected chi connectivity index (χ3v) is 12.1. The van der Waals surface area contributed by atoms with E-state index in [4.69, 9.17) is 20.3 Å². The van der Waals surface area contributed by atoms with Crippen LogP contribution in [0.3, 0.4) is 0 Å². The first-order chi connectivity index (χ1) is 28.2. The van der Waals surface area contributed by atoms with Gasteiger partial charge in [-0.05, 0) is 72.9 Å². The van der Waals surface area contributed by atoms with Crippen molar-refractivity contribution >= 4 is 21.9 Å². The number of aromatic nitrogens is 2. The van der Waals surface area contributed by atoms with Crippen LogP contribution in [0.4, 0.5) is 4.39 Å². The van der Waals surface area contributed by atoms with Gasteiger partial charge in [-0.2, -0.15) is 0 Å². The molecule has 2 aliphatic rings. The Balaban J connectivity index is 0.000000151. The molecule has 0 spiro atoms.